The number of hydrogen-bond acceptors (Lipinski definition) is 3. The highest BCUT2D eigenvalue weighted by molar-refractivity contribution is 5.76. The maximum Gasteiger partial charge on any atom is 0.216 e. The first-order valence-electron chi connectivity index (χ1n) is 5.79. The van der Waals surface area contributed by atoms with Crippen LogP contribution in [-0.4, -0.2) is 38.4 Å². The fraction of sp³-hybridized carbons (Fsp3) is 0.500. The lowest BCUT2D eigenvalue weighted by Crippen LogP contribution is -2.12. The van der Waals surface area contributed by atoms with Gasteiger partial charge in [0, 0.05) is 31.3 Å². The number of hydrogen-bond donors (Lipinski definition) is 0. The van der Waals surface area contributed by atoms with Crippen molar-refractivity contribution in [2.45, 2.75) is 27.7 Å². The lowest BCUT2D eigenvalue weighted by Gasteiger charge is -2.19. The number of likely N-dealkylation sites (N-methyl/N-ethyl adjacent to an activating group) is 1. The molecule has 0 atom stereocenters. The van der Waals surface area contributed by atoms with Crippen LogP contribution in [0.2, 0.25) is 0 Å². The van der Waals surface area contributed by atoms with Crippen LogP contribution in [0.25, 0.3) is 0 Å². The Hall–Kier alpha value is -1.71. The molecule has 102 valence electrons. The molecule has 0 aliphatic rings. The van der Waals surface area contributed by atoms with E-state index in [9.17, 15) is 0 Å². The van der Waals surface area contributed by atoms with Gasteiger partial charge >= 0.3 is 0 Å². The average Bonchev–Trinajstić information content (AvgIpc) is 2.32. The van der Waals surface area contributed by atoms with E-state index < -0.39 is 0 Å². The van der Waals surface area contributed by atoms with Crippen LogP contribution in [0.5, 0.6) is 0 Å². The van der Waals surface area contributed by atoms with Gasteiger partial charge in [-0.15, -0.1) is 0 Å². The topological polar surface area (TPSA) is 33.8 Å². The van der Waals surface area contributed by atoms with Crippen LogP contribution in [0.15, 0.2) is 28.2 Å². The molecular formula is C14H24N2O2. The van der Waals surface area contributed by atoms with Crippen LogP contribution in [0.1, 0.15) is 27.7 Å². The Morgan fingerprint density at radius 3 is 2.50 bits per heavy atom. The summed E-state index contributed by atoms with van der Waals surface area (Å²) in [5.74, 6) is 0.832. The fourth-order valence-corrected chi connectivity index (χ4v) is 1.17. The standard InChI is InChI=1S/C14H24N2O2/c1-11(8-15-5)9-17-10-18-14(4)12(2)13(3)16(6)7/h8-9H,6,10H2,1-5,7H3/b11-9-,14-12-,15-8?. The Balaban J connectivity index is 4.26. The van der Waals surface area contributed by atoms with Crippen molar-refractivity contribution in [1.29, 1.82) is 0 Å². The third-order valence-corrected chi connectivity index (χ3v) is 2.59. The molecule has 18 heavy (non-hydrogen) atoms. The Labute approximate surface area is 110 Å². The quantitative estimate of drug-likeness (QED) is 0.174. The zero-order valence-electron chi connectivity index (χ0n) is 12.3. The maximum absolute atomic E-state index is 5.50. The lowest BCUT2D eigenvalue weighted by molar-refractivity contribution is -0.465. The first-order valence-corrected chi connectivity index (χ1v) is 5.79. The minimum absolute atomic E-state index is 0.187. The van der Waals surface area contributed by atoms with Gasteiger partial charge in [-0.3, -0.25) is 4.99 Å². The minimum atomic E-state index is 0.187. The zero-order valence-corrected chi connectivity index (χ0v) is 12.3. The number of rotatable bonds is 7. The van der Waals surface area contributed by atoms with E-state index in [4.69, 9.17) is 9.47 Å². The molecule has 0 spiro atoms. The molecule has 0 N–H and O–H groups in total. The molecule has 0 bridgehead atoms. The first kappa shape index (κ1) is 16.3. The van der Waals surface area contributed by atoms with Crippen molar-refractivity contribution in [2.24, 2.45) is 4.99 Å². The largest absolute Gasteiger partial charge is 0.522 e. The molecular weight excluding hydrogens is 228 g/mol. The van der Waals surface area contributed by atoms with E-state index in [1.165, 1.54) is 0 Å². The molecule has 0 radical (unpaired) electrons. The van der Waals surface area contributed by atoms with Crippen LogP contribution in [0.3, 0.4) is 0 Å². The van der Waals surface area contributed by atoms with Crippen molar-refractivity contribution in [3.05, 3.63) is 29.2 Å². The van der Waals surface area contributed by atoms with Gasteiger partial charge in [0.05, 0.1) is 12.3 Å². The van der Waals surface area contributed by atoms with E-state index in [1.54, 1.807) is 19.5 Å². The Morgan fingerprint density at radius 2 is 2.00 bits per heavy atom. The molecule has 0 aromatic heterocycles. The summed E-state index contributed by atoms with van der Waals surface area (Å²) in [7, 11) is 3.62. The molecule has 0 aromatic rings. The third kappa shape index (κ3) is 6.13. The van der Waals surface area contributed by atoms with Gasteiger partial charge in [0.2, 0.25) is 6.79 Å². The second kappa shape index (κ2) is 8.39. The number of allylic oxidation sites excluding steroid dienone is 2. The zero-order chi connectivity index (χ0) is 14.1. The van der Waals surface area contributed by atoms with E-state index in [-0.39, 0.29) is 6.79 Å². The van der Waals surface area contributed by atoms with Crippen molar-refractivity contribution in [2.75, 3.05) is 20.9 Å². The Bertz CT molecular complexity index is 368. The third-order valence-electron chi connectivity index (χ3n) is 2.59. The van der Waals surface area contributed by atoms with Crippen molar-refractivity contribution in [3.8, 4) is 0 Å². The molecule has 0 fully saturated rings. The summed E-state index contributed by atoms with van der Waals surface area (Å²) in [4.78, 5) is 3.88. The van der Waals surface area contributed by atoms with Crippen molar-refractivity contribution < 1.29 is 14.0 Å². The van der Waals surface area contributed by atoms with Gasteiger partial charge in [-0.1, -0.05) is 19.4 Å². The van der Waals surface area contributed by atoms with Crippen LogP contribution >= 0.6 is 0 Å². The molecule has 0 saturated heterocycles. The van der Waals surface area contributed by atoms with Crippen molar-refractivity contribution >= 4 is 12.9 Å². The second-order valence-corrected chi connectivity index (χ2v) is 4.14. The predicted octanol–water partition coefficient (Wildman–Crippen LogP) is 2.77. The second-order valence-electron chi connectivity index (χ2n) is 4.14. The molecule has 0 amide bonds. The van der Waals surface area contributed by atoms with E-state index >= 15 is 0 Å². The van der Waals surface area contributed by atoms with Crippen LogP contribution in [0, 0.1) is 6.04 Å². The van der Waals surface area contributed by atoms with Crippen molar-refractivity contribution in [3.63, 3.8) is 0 Å². The highest BCUT2D eigenvalue weighted by Gasteiger charge is 2.06. The molecule has 0 unspecified atom stereocenters. The summed E-state index contributed by atoms with van der Waals surface area (Å²) in [6.45, 7) is 11.8. The van der Waals surface area contributed by atoms with Gasteiger partial charge < -0.3 is 14.0 Å². The predicted molar refractivity (Wildman–Crippen MR) is 75.8 cm³/mol. The van der Waals surface area contributed by atoms with Gasteiger partial charge in [0.25, 0.3) is 0 Å². The molecule has 0 rings (SSSR count). The van der Waals surface area contributed by atoms with Gasteiger partial charge in [-0.05, 0) is 13.8 Å². The van der Waals surface area contributed by atoms with Gasteiger partial charge in [-0.25, -0.2) is 0 Å². The summed E-state index contributed by atoms with van der Waals surface area (Å²) >= 11 is 0. The highest BCUT2D eigenvalue weighted by Crippen LogP contribution is 2.17. The van der Waals surface area contributed by atoms with Gasteiger partial charge in [0.1, 0.15) is 7.05 Å². The Morgan fingerprint density at radius 1 is 1.39 bits per heavy atom. The molecule has 0 aliphatic heterocycles. The summed E-state index contributed by atoms with van der Waals surface area (Å²) in [6.07, 6.45) is 3.35. The highest BCUT2D eigenvalue weighted by atomic mass is 16.7. The van der Waals surface area contributed by atoms with Crippen LogP contribution < -0.4 is 0 Å². The van der Waals surface area contributed by atoms with Gasteiger partial charge in [0.15, 0.2) is 0 Å². The summed E-state index contributed by atoms with van der Waals surface area (Å²) in [5, 5.41) is 0. The van der Waals surface area contributed by atoms with E-state index in [1.807, 2.05) is 39.3 Å². The molecule has 4 heteroatoms. The molecule has 0 aliphatic carbocycles. The fourth-order valence-electron chi connectivity index (χ4n) is 1.17. The first-order chi connectivity index (χ1) is 8.40. The number of ether oxygens (including phenoxy) is 2. The van der Waals surface area contributed by atoms with Gasteiger partial charge in [-0.2, -0.15) is 0 Å². The maximum atomic E-state index is 5.50. The summed E-state index contributed by atoms with van der Waals surface area (Å²) < 4.78 is 12.6. The molecule has 4 nitrogen and oxygen atoms in total. The summed E-state index contributed by atoms with van der Waals surface area (Å²) in [5.41, 5.74) is 2.01. The summed E-state index contributed by atoms with van der Waals surface area (Å²) in [6, 6.07) is 1.07. The Kier molecular flexibility index (Phi) is 7.59. The van der Waals surface area contributed by atoms with Crippen molar-refractivity contribution in [1.82, 2.24) is 0 Å². The molecule has 0 heterocycles. The smallest absolute Gasteiger partial charge is 0.216 e. The van der Waals surface area contributed by atoms with E-state index in [0.717, 1.165) is 22.9 Å². The van der Waals surface area contributed by atoms with E-state index in [0.29, 0.717) is 0 Å². The van der Waals surface area contributed by atoms with E-state index in [2.05, 4.69) is 11.7 Å². The van der Waals surface area contributed by atoms with Crippen LogP contribution in [0.4, 0.5) is 0 Å². The molecule has 0 aromatic carbocycles. The lowest BCUT2D eigenvalue weighted by atomic mass is 10.1. The number of nitrogens with zero attached hydrogens (tertiary/aromatic N) is 2. The molecule has 0 saturated carbocycles. The average molecular weight is 252 g/mol. The normalized spacial score (nSPS) is 13.3. The minimum Gasteiger partial charge on any atom is -0.522 e. The SMILES string of the molecule is C=[N+](C)[C-](C)/C(C)=C(/C)OCO/C=C(/C)C=NC. The number of aliphatic imine (C=N–C) groups is 1. The monoisotopic (exact) mass is 252 g/mol. The van der Waals surface area contributed by atoms with Crippen LogP contribution in [-0.2, 0) is 9.47 Å².